The highest BCUT2D eigenvalue weighted by atomic mass is 16.5. The van der Waals surface area contributed by atoms with Gasteiger partial charge in [-0.25, -0.2) is 4.98 Å². The van der Waals surface area contributed by atoms with Gasteiger partial charge in [0.15, 0.2) is 0 Å². The molecule has 0 amide bonds. The Labute approximate surface area is 132 Å². The van der Waals surface area contributed by atoms with Crippen molar-refractivity contribution in [2.45, 2.75) is 44.8 Å². The summed E-state index contributed by atoms with van der Waals surface area (Å²) in [4.78, 5) is 7.39. The summed E-state index contributed by atoms with van der Waals surface area (Å²) in [6, 6.07) is 9.09. The topological polar surface area (TPSA) is 30.3 Å². The molecule has 4 rings (SSSR count). The van der Waals surface area contributed by atoms with E-state index in [-0.39, 0.29) is 0 Å². The highest BCUT2D eigenvalue weighted by Gasteiger charge is 2.33. The lowest BCUT2D eigenvalue weighted by atomic mass is 10.1. The van der Waals surface area contributed by atoms with Crippen molar-refractivity contribution in [2.24, 2.45) is 0 Å². The van der Waals surface area contributed by atoms with E-state index >= 15 is 0 Å². The van der Waals surface area contributed by atoms with Gasteiger partial charge in [-0.2, -0.15) is 0 Å². The molecule has 2 aromatic rings. The zero-order valence-electron chi connectivity index (χ0n) is 13.5. The predicted molar refractivity (Wildman–Crippen MR) is 88.3 cm³/mol. The van der Waals surface area contributed by atoms with Crippen molar-refractivity contribution < 1.29 is 4.74 Å². The molecular weight excluding hydrogens is 274 g/mol. The third-order valence-electron chi connectivity index (χ3n) is 4.93. The highest BCUT2D eigenvalue weighted by Crippen LogP contribution is 2.31. The van der Waals surface area contributed by atoms with Gasteiger partial charge in [-0.1, -0.05) is 26.0 Å². The van der Waals surface area contributed by atoms with Gasteiger partial charge < -0.3 is 9.30 Å². The molecule has 2 saturated heterocycles. The van der Waals surface area contributed by atoms with E-state index in [0.717, 1.165) is 31.8 Å². The molecule has 4 heteroatoms. The van der Waals surface area contributed by atoms with Crippen LogP contribution >= 0.6 is 0 Å². The van der Waals surface area contributed by atoms with Crippen molar-refractivity contribution in [1.29, 1.82) is 0 Å². The van der Waals surface area contributed by atoms with Gasteiger partial charge >= 0.3 is 0 Å². The first-order valence-corrected chi connectivity index (χ1v) is 8.53. The van der Waals surface area contributed by atoms with Gasteiger partial charge in [0.2, 0.25) is 0 Å². The third-order valence-corrected chi connectivity index (χ3v) is 4.93. The number of nitrogens with zero attached hydrogens (tertiary/aromatic N) is 3. The number of hydrogen-bond donors (Lipinski definition) is 0. The van der Waals surface area contributed by atoms with Gasteiger partial charge in [0.25, 0.3) is 0 Å². The first-order valence-electron chi connectivity index (χ1n) is 8.53. The Morgan fingerprint density at radius 2 is 2.09 bits per heavy atom. The quantitative estimate of drug-likeness (QED) is 0.868. The van der Waals surface area contributed by atoms with E-state index in [1.165, 1.54) is 24.2 Å². The van der Waals surface area contributed by atoms with E-state index in [1.54, 1.807) is 0 Å². The molecule has 22 heavy (non-hydrogen) atoms. The maximum absolute atomic E-state index is 5.76. The molecule has 0 saturated carbocycles. The summed E-state index contributed by atoms with van der Waals surface area (Å²) in [5.41, 5.74) is 2.41. The van der Waals surface area contributed by atoms with Crippen LogP contribution in [-0.2, 0) is 4.74 Å². The van der Waals surface area contributed by atoms with Crippen LogP contribution in [0.25, 0.3) is 11.0 Å². The SMILES string of the molecule is CC(C)c1nc2ccccc2n1C1CN(CC2CCCO2)C1. The fourth-order valence-corrected chi connectivity index (χ4v) is 3.79. The van der Waals surface area contributed by atoms with Crippen molar-refractivity contribution in [2.75, 3.05) is 26.2 Å². The zero-order valence-corrected chi connectivity index (χ0v) is 13.5. The molecule has 1 aromatic carbocycles. The molecule has 0 bridgehead atoms. The summed E-state index contributed by atoms with van der Waals surface area (Å²) in [6.45, 7) is 8.77. The van der Waals surface area contributed by atoms with Gasteiger partial charge in [0.05, 0.1) is 23.2 Å². The molecule has 1 atom stereocenters. The Morgan fingerprint density at radius 1 is 1.27 bits per heavy atom. The first-order chi connectivity index (χ1) is 10.7. The molecule has 1 aromatic heterocycles. The van der Waals surface area contributed by atoms with Crippen LogP contribution in [0.15, 0.2) is 24.3 Å². The number of benzene rings is 1. The zero-order chi connectivity index (χ0) is 15.1. The Balaban J connectivity index is 1.53. The summed E-state index contributed by atoms with van der Waals surface area (Å²) in [6.07, 6.45) is 2.92. The molecule has 0 N–H and O–H groups in total. The number of fused-ring (bicyclic) bond motifs is 1. The molecule has 2 fully saturated rings. The van der Waals surface area contributed by atoms with Crippen LogP contribution in [0.3, 0.4) is 0 Å². The molecule has 0 radical (unpaired) electrons. The van der Waals surface area contributed by atoms with E-state index in [9.17, 15) is 0 Å². The van der Waals surface area contributed by atoms with Crippen LogP contribution in [0.5, 0.6) is 0 Å². The molecule has 0 spiro atoms. The lowest BCUT2D eigenvalue weighted by Gasteiger charge is -2.42. The Hall–Kier alpha value is -1.39. The third kappa shape index (κ3) is 2.44. The largest absolute Gasteiger partial charge is 0.377 e. The molecule has 3 heterocycles. The standard InChI is InChI=1S/C18H25N3O/c1-13(2)18-19-16-7-3-4-8-17(16)21(18)14-10-20(11-14)12-15-6-5-9-22-15/h3-4,7-8,13-15H,5-6,9-12H2,1-2H3. The number of ether oxygens (including phenoxy) is 1. The Morgan fingerprint density at radius 3 is 2.82 bits per heavy atom. The van der Waals surface area contributed by atoms with E-state index < -0.39 is 0 Å². The lowest BCUT2D eigenvalue weighted by Crippen LogP contribution is -2.50. The number of aromatic nitrogens is 2. The molecule has 0 aliphatic carbocycles. The molecule has 118 valence electrons. The minimum absolute atomic E-state index is 0.458. The average molecular weight is 299 g/mol. The number of rotatable bonds is 4. The smallest absolute Gasteiger partial charge is 0.112 e. The maximum atomic E-state index is 5.76. The van der Waals surface area contributed by atoms with Crippen LogP contribution in [0.1, 0.15) is 44.5 Å². The normalized spacial score (nSPS) is 23.5. The van der Waals surface area contributed by atoms with Gasteiger partial charge in [0.1, 0.15) is 5.82 Å². The maximum Gasteiger partial charge on any atom is 0.112 e. The second-order valence-electron chi connectivity index (χ2n) is 6.99. The Bertz CT molecular complexity index is 651. The summed E-state index contributed by atoms with van der Waals surface area (Å²) in [5.74, 6) is 1.68. The summed E-state index contributed by atoms with van der Waals surface area (Å²) in [7, 11) is 0. The van der Waals surface area contributed by atoms with Crippen molar-refractivity contribution in [3.05, 3.63) is 30.1 Å². The lowest BCUT2D eigenvalue weighted by molar-refractivity contribution is 0.0279. The average Bonchev–Trinajstić information content (AvgIpc) is 3.09. The summed E-state index contributed by atoms with van der Waals surface area (Å²) in [5, 5.41) is 0. The van der Waals surface area contributed by atoms with E-state index in [2.05, 4.69) is 47.6 Å². The van der Waals surface area contributed by atoms with Crippen LogP contribution in [0.2, 0.25) is 0 Å². The molecule has 2 aliphatic rings. The van der Waals surface area contributed by atoms with Crippen LogP contribution in [0, 0.1) is 0 Å². The molecule has 2 aliphatic heterocycles. The van der Waals surface area contributed by atoms with Gasteiger partial charge in [-0.15, -0.1) is 0 Å². The summed E-state index contributed by atoms with van der Waals surface area (Å²) >= 11 is 0. The van der Waals surface area contributed by atoms with Crippen molar-refractivity contribution >= 4 is 11.0 Å². The highest BCUT2D eigenvalue weighted by molar-refractivity contribution is 5.76. The molecule has 1 unspecified atom stereocenters. The van der Waals surface area contributed by atoms with Crippen LogP contribution in [-0.4, -0.2) is 46.8 Å². The van der Waals surface area contributed by atoms with Crippen molar-refractivity contribution in [1.82, 2.24) is 14.5 Å². The van der Waals surface area contributed by atoms with Gasteiger partial charge in [-0.3, -0.25) is 4.90 Å². The minimum Gasteiger partial charge on any atom is -0.377 e. The Kier molecular flexibility index (Phi) is 3.66. The van der Waals surface area contributed by atoms with Gasteiger partial charge in [-0.05, 0) is 25.0 Å². The number of imidazole rings is 1. The fraction of sp³-hybridized carbons (Fsp3) is 0.611. The number of hydrogen-bond acceptors (Lipinski definition) is 3. The number of likely N-dealkylation sites (tertiary alicyclic amines) is 1. The second kappa shape index (κ2) is 5.67. The van der Waals surface area contributed by atoms with E-state index in [1.807, 2.05) is 0 Å². The fourth-order valence-electron chi connectivity index (χ4n) is 3.79. The first kappa shape index (κ1) is 14.2. The van der Waals surface area contributed by atoms with E-state index in [4.69, 9.17) is 9.72 Å². The molecular formula is C18H25N3O. The molecule has 4 nitrogen and oxygen atoms in total. The predicted octanol–water partition coefficient (Wildman–Crippen LogP) is 3.20. The number of para-hydroxylation sites is 2. The van der Waals surface area contributed by atoms with Crippen molar-refractivity contribution in [3.8, 4) is 0 Å². The minimum atomic E-state index is 0.458. The monoisotopic (exact) mass is 299 g/mol. The summed E-state index contributed by atoms with van der Waals surface area (Å²) < 4.78 is 8.23. The van der Waals surface area contributed by atoms with Gasteiger partial charge in [0, 0.05) is 32.2 Å². The van der Waals surface area contributed by atoms with Crippen LogP contribution < -0.4 is 0 Å². The van der Waals surface area contributed by atoms with Crippen molar-refractivity contribution in [3.63, 3.8) is 0 Å². The second-order valence-corrected chi connectivity index (χ2v) is 6.99. The van der Waals surface area contributed by atoms with Crippen LogP contribution in [0.4, 0.5) is 0 Å². The van der Waals surface area contributed by atoms with E-state index in [0.29, 0.717) is 18.1 Å².